The van der Waals surface area contributed by atoms with Gasteiger partial charge in [0.05, 0.1) is 29.5 Å². The molecule has 3 saturated heterocycles. The molecule has 3 rings (SSSR count). The number of carbonyl (C=O) groups is 3. The largest absolute Gasteiger partial charge is 0.460 e. The number of hydrazine groups is 1. The summed E-state index contributed by atoms with van der Waals surface area (Å²) >= 11 is 0. The summed E-state index contributed by atoms with van der Waals surface area (Å²) in [4.78, 5) is 48.5. The van der Waals surface area contributed by atoms with E-state index in [1.807, 2.05) is 41.8 Å². The number of amides is 2. The summed E-state index contributed by atoms with van der Waals surface area (Å²) in [5.74, 6) is -3.21. The first kappa shape index (κ1) is 38.1. The lowest BCUT2D eigenvalue weighted by Gasteiger charge is -2.47. The van der Waals surface area contributed by atoms with E-state index in [2.05, 4.69) is 41.6 Å². The molecule has 2 N–H and O–H groups in total. The molecule has 0 aromatic rings. The third-order valence-corrected chi connectivity index (χ3v) is 10.6. The van der Waals surface area contributed by atoms with Gasteiger partial charge >= 0.3 is 12.0 Å². The Hall–Kier alpha value is -2.32. The number of fused-ring (bicyclic) bond motifs is 1. The van der Waals surface area contributed by atoms with Crippen LogP contribution in [0, 0.1) is 29.1 Å². The van der Waals surface area contributed by atoms with Gasteiger partial charge in [-0.25, -0.2) is 10.2 Å². The number of ketones is 1. The lowest BCUT2D eigenvalue weighted by molar-refractivity contribution is -0.289. The molecule has 3 aliphatic heterocycles. The van der Waals surface area contributed by atoms with Gasteiger partial charge < -0.3 is 34.0 Å². The van der Waals surface area contributed by atoms with Crippen molar-refractivity contribution in [2.24, 2.45) is 34.2 Å². The molecule has 3 heterocycles. The summed E-state index contributed by atoms with van der Waals surface area (Å²) < 4.78 is 25.1. The summed E-state index contributed by atoms with van der Waals surface area (Å²) in [5.41, 5.74) is 2.09. The fraction of sp³-hybridized carbons (Fsp3) is 0.879. The number of carbonyl (C=O) groups excluding carboxylic acids is 3. The second-order valence-corrected chi connectivity index (χ2v) is 14.7. The molecule has 46 heavy (non-hydrogen) atoms. The first-order valence-corrected chi connectivity index (χ1v) is 16.5. The average Bonchev–Trinajstić information content (AvgIpc) is 3.25. The maximum atomic E-state index is 14.1. The number of nitrogens with one attached hydrogen (secondary N) is 2. The zero-order chi connectivity index (χ0) is 34.9. The Kier molecular flexibility index (Phi) is 12.3. The fourth-order valence-electron chi connectivity index (χ4n) is 8.07. The van der Waals surface area contributed by atoms with E-state index < -0.39 is 59.4 Å². The number of methoxy groups -OCH3 is 1. The zero-order valence-electron chi connectivity index (χ0n) is 30.4. The highest BCUT2D eigenvalue weighted by molar-refractivity contribution is 6.00. The second kappa shape index (κ2) is 14.8. The van der Waals surface area contributed by atoms with E-state index in [1.165, 1.54) is 12.1 Å². The van der Waals surface area contributed by atoms with Crippen LogP contribution in [0.3, 0.4) is 0 Å². The molecule has 0 spiro atoms. The minimum absolute atomic E-state index is 0.0362. The van der Waals surface area contributed by atoms with E-state index in [0.717, 1.165) is 12.1 Å². The van der Waals surface area contributed by atoms with Crippen LogP contribution in [0.2, 0.25) is 0 Å². The van der Waals surface area contributed by atoms with Crippen LogP contribution in [-0.4, -0.2) is 117 Å². The highest BCUT2D eigenvalue weighted by Gasteiger charge is 2.57. The number of ether oxygens (including phenoxy) is 4. The number of hydrogen-bond donors (Lipinski definition) is 2. The number of nitrogens with zero attached hydrogens (tertiary/aromatic N) is 3. The summed E-state index contributed by atoms with van der Waals surface area (Å²) in [6, 6.07) is -0.834. The number of likely N-dealkylation sites (N-methyl/N-ethyl adjacent to an activating group) is 1. The number of cyclic esters (lactones) is 1. The van der Waals surface area contributed by atoms with Crippen LogP contribution < -0.4 is 10.7 Å². The van der Waals surface area contributed by atoms with Crippen LogP contribution >= 0.6 is 0 Å². The molecule has 8 unspecified atom stereocenters. The van der Waals surface area contributed by atoms with Crippen LogP contribution in [-0.2, 0) is 33.4 Å². The molecule has 0 radical (unpaired) electrons. The normalized spacial score (nSPS) is 42.0. The van der Waals surface area contributed by atoms with Crippen molar-refractivity contribution in [3.05, 3.63) is 0 Å². The van der Waals surface area contributed by atoms with Gasteiger partial charge in [-0.3, -0.25) is 14.6 Å². The molecule has 3 aliphatic rings. The Morgan fingerprint density at radius 1 is 1.02 bits per heavy atom. The topological polar surface area (TPSA) is 140 Å². The van der Waals surface area contributed by atoms with E-state index in [1.54, 1.807) is 28.0 Å². The summed E-state index contributed by atoms with van der Waals surface area (Å²) in [6.45, 7) is 17.2. The third kappa shape index (κ3) is 7.38. The monoisotopic (exact) mass is 653 g/mol. The Bertz CT molecular complexity index is 1130. The van der Waals surface area contributed by atoms with Gasteiger partial charge in [-0.15, -0.1) is 0 Å². The number of rotatable bonds is 6. The van der Waals surface area contributed by atoms with Crippen molar-refractivity contribution in [3.8, 4) is 0 Å². The van der Waals surface area contributed by atoms with Crippen molar-refractivity contribution >= 4 is 23.5 Å². The number of hydrogen-bond acceptors (Lipinski definition) is 11. The molecule has 13 heteroatoms. The molecule has 264 valence electrons. The lowest BCUT2D eigenvalue weighted by Crippen LogP contribution is -2.61. The summed E-state index contributed by atoms with van der Waals surface area (Å²) in [5, 5.41) is 9.07. The van der Waals surface area contributed by atoms with Crippen LogP contribution in [0.25, 0.3) is 0 Å². The maximum Gasteiger partial charge on any atom is 0.332 e. The molecule has 2 amide bonds. The van der Waals surface area contributed by atoms with Crippen LogP contribution in [0.15, 0.2) is 5.16 Å². The lowest BCUT2D eigenvalue weighted by atomic mass is 9.69. The number of esters is 1. The fourth-order valence-corrected chi connectivity index (χ4v) is 8.07. The SMILES string of the molecule is CNN1C(=O)NC2(C)C1C(C)/C(=N/OC)C(C)CC(C)(C)C(OC1O[C@H](C)CC(N(C)C)C1OC)[C@@H](C)C(=O)[C@@H](C)C(=O)O[C@@H]2C. The predicted octanol–water partition coefficient (Wildman–Crippen LogP) is 3.22. The number of urea groups is 1. The maximum absolute atomic E-state index is 14.1. The molecule has 0 aromatic carbocycles. The minimum Gasteiger partial charge on any atom is -0.460 e. The predicted molar refractivity (Wildman–Crippen MR) is 174 cm³/mol. The molecule has 0 saturated carbocycles. The molecule has 3 fully saturated rings. The van der Waals surface area contributed by atoms with Crippen molar-refractivity contribution in [2.45, 2.75) is 123 Å². The first-order valence-electron chi connectivity index (χ1n) is 16.5. The standard InChI is InChI=1S/C33H59N5O8/c1-17-16-32(7,8)28(46-30-26(42-13)23(37(11)12)15-18(2)44-30)20(4)25(39)21(5)29(40)45-22(6)33(9)27(19(3)24(17)36-43-14)38(34-10)31(41)35-33/h17-23,26-28,30,34H,15-16H2,1-14H3,(H,35,41)/b36-24+/t17?,18-,19?,20+,21-,22-,23?,26?,27?,28?,30?,33?/m1/s1. The molecule has 0 bridgehead atoms. The van der Waals surface area contributed by atoms with E-state index in [-0.39, 0.29) is 35.8 Å². The average molecular weight is 654 g/mol. The summed E-state index contributed by atoms with van der Waals surface area (Å²) in [7, 11) is 8.83. The third-order valence-electron chi connectivity index (χ3n) is 10.6. The molecule has 12 atom stereocenters. The van der Waals surface area contributed by atoms with Crippen molar-refractivity contribution in [3.63, 3.8) is 0 Å². The number of Topliss-reactive ketones (excluding diaryl/α,β-unsaturated/α-hetero) is 1. The van der Waals surface area contributed by atoms with Gasteiger partial charge in [-0.05, 0) is 66.0 Å². The Morgan fingerprint density at radius 3 is 2.20 bits per heavy atom. The number of oxime groups is 1. The van der Waals surface area contributed by atoms with Gasteiger partial charge in [0.15, 0.2) is 12.1 Å². The highest BCUT2D eigenvalue weighted by atomic mass is 16.7. The molecule has 13 nitrogen and oxygen atoms in total. The quantitative estimate of drug-likeness (QED) is 0.250. The highest BCUT2D eigenvalue weighted by Crippen LogP contribution is 2.42. The van der Waals surface area contributed by atoms with Gasteiger partial charge in [0.25, 0.3) is 0 Å². The smallest absolute Gasteiger partial charge is 0.332 e. The van der Waals surface area contributed by atoms with Gasteiger partial charge in [-0.1, -0.05) is 39.8 Å². The molecular weight excluding hydrogens is 594 g/mol. The molecular formula is C33H59N5O8. The Balaban J connectivity index is 2.14. The zero-order valence-corrected chi connectivity index (χ0v) is 30.4. The van der Waals surface area contributed by atoms with Gasteiger partial charge in [0.1, 0.15) is 25.2 Å². The van der Waals surface area contributed by atoms with Crippen molar-refractivity contribution in [1.29, 1.82) is 0 Å². The van der Waals surface area contributed by atoms with Gasteiger partial charge in [-0.2, -0.15) is 0 Å². The molecule has 0 aromatic heterocycles. The molecule has 0 aliphatic carbocycles. The van der Waals surface area contributed by atoms with E-state index in [0.29, 0.717) is 6.42 Å². The minimum atomic E-state index is -1.07. The van der Waals surface area contributed by atoms with Crippen LogP contribution in [0.1, 0.15) is 75.2 Å². The van der Waals surface area contributed by atoms with E-state index in [4.69, 9.17) is 23.8 Å². The van der Waals surface area contributed by atoms with Crippen LogP contribution in [0.5, 0.6) is 0 Å². The first-order chi connectivity index (χ1) is 21.4. The van der Waals surface area contributed by atoms with Crippen molar-refractivity contribution < 1.29 is 38.2 Å². The Labute approximate surface area is 275 Å². The second-order valence-electron chi connectivity index (χ2n) is 14.7. The van der Waals surface area contributed by atoms with Crippen LogP contribution in [0.4, 0.5) is 4.79 Å². The Morgan fingerprint density at radius 2 is 1.65 bits per heavy atom. The van der Waals surface area contributed by atoms with Gasteiger partial charge in [0, 0.05) is 32.0 Å². The van der Waals surface area contributed by atoms with Gasteiger partial charge in [0.2, 0.25) is 0 Å². The van der Waals surface area contributed by atoms with E-state index >= 15 is 0 Å². The van der Waals surface area contributed by atoms with Crippen molar-refractivity contribution in [2.75, 3.05) is 35.4 Å². The summed E-state index contributed by atoms with van der Waals surface area (Å²) in [6.07, 6.45) is -1.38. The van der Waals surface area contributed by atoms with Crippen molar-refractivity contribution in [1.82, 2.24) is 20.7 Å². The van der Waals surface area contributed by atoms with E-state index in [9.17, 15) is 14.4 Å².